The zero-order valence-electron chi connectivity index (χ0n) is 6.82. The summed E-state index contributed by atoms with van der Waals surface area (Å²) in [7, 11) is 0. The number of carbonyl (C=O) groups is 1. The third-order valence-electron chi connectivity index (χ3n) is 1.75. The van der Waals surface area contributed by atoms with E-state index >= 15 is 0 Å². The number of amides is 1. The smallest absolute Gasteiger partial charge is 0.221 e. The van der Waals surface area contributed by atoms with Crippen molar-refractivity contribution in [3.05, 3.63) is 12.0 Å². The fourth-order valence-electron chi connectivity index (χ4n) is 1.17. The van der Waals surface area contributed by atoms with Crippen LogP contribution in [-0.4, -0.2) is 28.3 Å². The number of rotatable bonds is 2. The van der Waals surface area contributed by atoms with Crippen molar-refractivity contribution in [2.75, 3.05) is 5.32 Å². The Morgan fingerprint density at radius 1 is 1.69 bits per heavy atom. The minimum Gasteiger partial charge on any atom is -0.370 e. The van der Waals surface area contributed by atoms with E-state index in [1.54, 1.807) is 12.5 Å². The normalized spacial score (nSPS) is 19.2. The van der Waals surface area contributed by atoms with Crippen LogP contribution in [0.4, 0.5) is 5.82 Å². The molecule has 0 aliphatic carbocycles. The van der Waals surface area contributed by atoms with E-state index in [1.807, 2.05) is 0 Å². The summed E-state index contributed by atoms with van der Waals surface area (Å²) in [5.41, 5.74) is 5.86. The van der Waals surface area contributed by atoms with E-state index in [2.05, 4.69) is 20.3 Å². The third-order valence-corrected chi connectivity index (χ3v) is 1.75. The zero-order valence-corrected chi connectivity index (χ0v) is 6.82. The average molecular weight is 179 g/mol. The Morgan fingerprint density at radius 3 is 3.31 bits per heavy atom. The Kier molecular flexibility index (Phi) is 1.73. The Hall–Kier alpha value is -1.85. The van der Waals surface area contributed by atoms with Gasteiger partial charge in [-0.25, -0.2) is 4.98 Å². The zero-order chi connectivity index (χ0) is 9.26. The minimum absolute atomic E-state index is 0.183. The topological polar surface area (TPSA) is 96.2 Å². The number of aromatic amines is 1. The van der Waals surface area contributed by atoms with Gasteiger partial charge in [-0.15, -0.1) is 0 Å². The van der Waals surface area contributed by atoms with Gasteiger partial charge < -0.3 is 16.0 Å². The molecule has 0 aromatic carbocycles. The van der Waals surface area contributed by atoms with Gasteiger partial charge in [0.25, 0.3) is 0 Å². The summed E-state index contributed by atoms with van der Waals surface area (Å²) in [6, 6.07) is 0. The second-order valence-electron chi connectivity index (χ2n) is 2.77. The Labute approximate surface area is 74.3 Å². The van der Waals surface area contributed by atoms with Gasteiger partial charge in [-0.2, -0.15) is 0 Å². The first-order chi connectivity index (χ1) is 6.25. The van der Waals surface area contributed by atoms with Crippen LogP contribution >= 0.6 is 0 Å². The van der Waals surface area contributed by atoms with Crippen LogP contribution in [0.5, 0.6) is 0 Å². The molecule has 1 aliphatic heterocycles. The molecule has 1 aliphatic rings. The number of H-pyrrole nitrogens is 1. The molecule has 2 rings (SSSR count). The Morgan fingerprint density at radius 2 is 2.54 bits per heavy atom. The van der Waals surface area contributed by atoms with Gasteiger partial charge >= 0.3 is 0 Å². The maximum Gasteiger partial charge on any atom is 0.221 e. The largest absolute Gasteiger partial charge is 0.370 e. The fraction of sp³-hybridized carbons (Fsp3) is 0.286. The van der Waals surface area contributed by atoms with Crippen molar-refractivity contribution in [3.8, 4) is 0 Å². The standard InChI is InChI=1S/C7H9N5O/c8-5(13)1-6-9-2-4-7(12-6)11-3-10-4/h2-3,6,12H,1H2,(H2,8,13)(H,10,11). The van der Waals surface area contributed by atoms with E-state index in [1.165, 1.54) is 0 Å². The number of aromatic nitrogens is 2. The molecule has 6 nitrogen and oxygen atoms in total. The van der Waals surface area contributed by atoms with Crippen LogP contribution in [0.3, 0.4) is 0 Å². The van der Waals surface area contributed by atoms with Gasteiger partial charge in [0.1, 0.15) is 11.9 Å². The van der Waals surface area contributed by atoms with E-state index in [0.717, 1.165) is 5.69 Å². The van der Waals surface area contributed by atoms with E-state index in [0.29, 0.717) is 5.82 Å². The summed E-state index contributed by atoms with van der Waals surface area (Å²) < 4.78 is 0. The van der Waals surface area contributed by atoms with Crippen molar-refractivity contribution in [2.45, 2.75) is 12.6 Å². The van der Waals surface area contributed by atoms with Gasteiger partial charge in [-0.3, -0.25) is 9.79 Å². The lowest BCUT2D eigenvalue weighted by atomic mass is 10.3. The summed E-state index contributed by atoms with van der Waals surface area (Å²) in [6.07, 6.45) is 3.11. The van der Waals surface area contributed by atoms with Gasteiger partial charge in [-0.05, 0) is 0 Å². The third kappa shape index (κ3) is 1.51. The number of primary amides is 1. The SMILES string of the molecule is NC(=O)CC1N=Cc2[nH]cnc2N1. The molecule has 1 aromatic rings. The maximum atomic E-state index is 10.6. The molecular weight excluding hydrogens is 170 g/mol. The van der Waals surface area contributed by atoms with Gasteiger partial charge in [-0.1, -0.05) is 0 Å². The molecule has 1 atom stereocenters. The number of imidazole rings is 1. The van der Waals surface area contributed by atoms with E-state index < -0.39 is 0 Å². The molecule has 1 aromatic heterocycles. The average Bonchev–Trinajstić information content (AvgIpc) is 2.49. The summed E-state index contributed by atoms with van der Waals surface area (Å²) in [5.74, 6) is 0.329. The molecule has 1 amide bonds. The van der Waals surface area contributed by atoms with Crippen LogP contribution in [0.2, 0.25) is 0 Å². The number of nitrogens with two attached hydrogens (primary N) is 1. The summed E-state index contributed by atoms with van der Waals surface area (Å²) >= 11 is 0. The highest BCUT2D eigenvalue weighted by Crippen LogP contribution is 2.14. The molecule has 0 spiro atoms. The van der Waals surface area contributed by atoms with Crippen molar-refractivity contribution in [1.29, 1.82) is 0 Å². The van der Waals surface area contributed by atoms with Crippen molar-refractivity contribution < 1.29 is 4.79 Å². The highest BCUT2D eigenvalue weighted by atomic mass is 16.1. The summed E-state index contributed by atoms with van der Waals surface area (Å²) in [4.78, 5) is 21.6. The number of nitrogens with zero attached hydrogens (tertiary/aromatic N) is 2. The molecule has 0 saturated carbocycles. The molecule has 4 N–H and O–H groups in total. The number of aliphatic imine (C=N–C) groups is 1. The lowest BCUT2D eigenvalue weighted by Crippen LogP contribution is -2.27. The number of hydrogen-bond donors (Lipinski definition) is 3. The van der Waals surface area contributed by atoms with Gasteiger partial charge in [0.15, 0.2) is 5.82 Å². The van der Waals surface area contributed by atoms with E-state index in [4.69, 9.17) is 5.73 Å². The molecular formula is C7H9N5O. The maximum absolute atomic E-state index is 10.6. The second-order valence-corrected chi connectivity index (χ2v) is 2.77. The first kappa shape index (κ1) is 7.78. The van der Waals surface area contributed by atoms with Gasteiger partial charge in [0.2, 0.25) is 5.91 Å². The molecule has 0 bridgehead atoms. The highest BCUT2D eigenvalue weighted by Gasteiger charge is 2.16. The number of fused-ring (bicyclic) bond motifs is 1. The summed E-state index contributed by atoms with van der Waals surface area (Å²) in [5, 5.41) is 2.97. The quantitative estimate of drug-likeness (QED) is 0.568. The van der Waals surface area contributed by atoms with Crippen LogP contribution < -0.4 is 11.1 Å². The van der Waals surface area contributed by atoms with Crippen molar-refractivity contribution >= 4 is 17.9 Å². The minimum atomic E-state index is -0.381. The van der Waals surface area contributed by atoms with E-state index in [-0.39, 0.29) is 18.5 Å². The molecule has 1 unspecified atom stereocenters. The first-order valence-corrected chi connectivity index (χ1v) is 3.87. The fourth-order valence-corrected chi connectivity index (χ4v) is 1.17. The van der Waals surface area contributed by atoms with Crippen LogP contribution in [0.15, 0.2) is 11.3 Å². The van der Waals surface area contributed by atoms with Crippen LogP contribution in [-0.2, 0) is 4.79 Å². The Bertz CT molecular complexity index is 356. The lowest BCUT2D eigenvalue weighted by Gasteiger charge is -2.16. The van der Waals surface area contributed by atoms with Crippen LogP contribution in [0.1, 0.15) is 12.1 Å². The highest BCUT2D eigenvalue weighted by molar-refractivity contribution is 5.86. The lowest BCUT2D eigenvalue weighted by molar-refractivity contribution is -0.118. The van der Waals surface area contributed by atoms with Crippen molar-refractivity contribution in [1.82, 2.24) is 9.97 Å². The monoisotopic (exact) mass is 179 g/mol. The first-order valence-electron chi connectivity index (χ1n) is 3.87. The number of carbonyl (C=O) groups excluding carboxylic acids is 1. The molecule has 68 valence electrons. The van der Waals surface area contributed by atoms with E-state index in [9.17, 15) is 4.79 Å². The molecule has 0 radical (unpaired) electrons. The molecule has 6 heteroatoms. The number of hydrogen-bond acceptors (Lipinski definition) is 4. The number of anilines is 1. The molecule has 0 saturated heterocycles. The molecule has 0 fully saturated rings. The second kappa shape index (κ2) is 2.89. The van der Waals surface area contributed by atoms with Crippen molar-refractivity contribution in [3.63, 3.8) is 0 Å². The molecule has 2 heterocycles. The predicted molar refractivity (Wildman–Crippen MR) is 47.4 cm³/mol. The summed E-state index contributed by atoms with van der Waals surface area (Å²) in [6.45, 7) is 0. The molecule has 13 heavy (non-hydrogen) atoms. The Balaban J connectivity index is 2.12. The van der Waals surface area contributed by atoms with Gasteiger partial charge in [0, 0.05) is 0 Å². The van der Waals surface area contributed by atoms with Crippen LogP contribution in [0.25, 0.3) is 0 Å². The number of nitrogens with one attached hydrogen (secondary N) is 2. The predicted octanol–water partition coefficient (Wildman–Crippen LogP) is -0.544. The van der Waals surface area contributed by atoms with Crippen LogP contribution in [0, 0.1) is 0 Å². The van der Waals surface area contributed by atoms with Gasteiger partial charge in [0.05, 0.1) is 19.0 Å². The van der Waals surface area contributed by atoms with Crippen molar-refractivity contribution in [2.24, 2.45) is 10.7 Å².